The summed E-state index contributed by atoms with van der Waals surface area (Å²) in [7, 11) is 1.57. The van der Waals surface area contributed by atoms with Crippen LogP contribution in [0.4, 0.5) is 10.5 Å². The maximum Gasteiger partial charge on any atom is 0.318 e. The molecule has 8 heteroatoms. The van der Waals surface area contributed by atoms with Gasteiger partial charge in [-0.1, -0.05) is 25.0 Å². The van der Waals surface area contributed by atoms with Gasteiger partial charge in [-0.3, -0.25) is 0 Å². The summed E-state index contributed by atoms with van der Waals surface area (Å²) in [5.41, 5.74) is 3.12. The van der Waals surface area contributed by atoms with Crippen molar-refractivity contribution in [3.63, 3.8) is 0 Å². The first-order valence-electron chi connectivity index (χ1n) is 8.65. The lowest BCUT2D eigenvalue weighted by Gasteiger charge is -2.11. The van der Waals surface area contributed by atoms with E-state index in [1.165, 1.54) is 12.8 Å². The third-order valence-corrected chi connectivity index (χ3v) is 4.91. The predicted molar refractivity (Wildman–Crippen MR) is 101 cm³/mol. The van der Waals surface area contributed by atoms with Crippen molar-refractivity contribution in [3.8, 4) is 11.3 Å². The fourth-order valence-electron chi connectivity index (χ4n) is 3.44. The molecule has 0 radical (unpaired) electrons. The Morgan fingerprint density at radius 1 is 1.19 bits per heavy atom. The van der Waals surface area contributed by atoms with Crippen molar-refractivity contribution in [3.05, 3.63) is 35.7 Å². The molecule has 0 aliphatic heterocycles. The second-order valence-corrected chi connectivity index (χ2v) is 6.73. The van der Waals surface area contributed by atoms with Crippen LogP contribution in [-0.4, -0.2) is 32.8 Å². The lowest BCUT2D eigenvalue weighted by atomic mass is 10.1. The maximum atomic E-state index is 11.4. The Morgan fingerprint density at radius 3 is 2.62 bits per heavy atom. The Balaban J connectivity index is 1.73. The van der Waals surface area contributed by atoms with E-state index < -0.39 is 0 Å². The average Bonchev–Trinajstić information content (AvgIpc) is 3.30. The lowest BCUT2D eigenvalue weighted by Crippen LogP contribution is -2.24. The number of carbonyl (C=O) groups excluding carboxylic acids is 1. The van der Waals surface area contributed by atoms with Crippen molar-refractivity contribution in [2.24, 2.45) is 0 Å². The fraction of sp³-hybridized carbons (Fsp3) is 0.333. The van der Waals surface area contributed by atoms with Crippen molar-refractivity contribution in [2.45, 2.75) is 31.7 Å². The molecule has 0 saturated heterocycles. The topological polar surface area (TPSA) is 84.7 Å². The summed E-state index contributed by atoms with van der Waals surface area (Å²) >= 11 is 6.20. The average molecular weight is 371 g/mol. The van der Waals surface area contributed by atoms with E-state index >= 15 is 0 Å². The third kappa shape index (κ3) is 3.10. The van der Waals surface area contributed by atoms with Crippen molar-refractivity contribution < 1.29 is 4.79 Å². The smallest absolute Gasteiger partial charge is 0.318 e. The number of fused-ring (bicyclic) bond motifs is 1. The molecule has 2 heterocycles. The van der Waals surface area contributed by atoms with Crippen molar-refractivity contribution in [2.75, 3.05) is 12.4 Å². The van der Waals surface area contributed by atoms with Gasteiger partial charge in [-0.25, -0.2) is 14.5 Å². The van der Waals surface area contributed by atoms with Gasteiger partial charge in [0.2, 0.25) is 5.28 Å². The predicted octanol–water partition coefficient (Wildman–Crippen LogP) is 4.01. The first-order chi connectivity index (χ1) is 12.7. The molecule has 4 rings (SSSR count). The molecule has 1 aliphatic rings. The van der Waals surface area contributed by atoms with Gasteiger partial charge in [0.15, 0.2) is 5.65 Å². The van der Waals surface area contributed by atoms with Crippen LogP contribution in [0.2, 0.25) is 5.28 Å². The van der Waals surface area contributed by atoms with E-state index in [1.807, 2.05) is 35.1 Å². The molecule has 1 saturated carbocycles. The van der Waals surface area contributed by atoms with E-state index in [4.69, 9.17) is 11.6 Å². The maximum absolute atomic E-state index is 11.4. The summed E-state index contributed by atoms with van der Waals surface area (Å²) in [5.74, 6) is 0. The van der Waals surface area contributed by atoms with Gasteiger partial charge in [0, 0.05) is 18.3 Å². The number of halogens is 1. The monoisotopic (exact) mass is 370 g/mol. The number of urea groups is 1. The van der Waals surface area contributed by atoms with Gasteiger partial charge in [-0.2, -0.15) is 10.1 Å². The number of aromatic nitrogens is 4. The summed E-state index contributed by atoms with van der Waals surface area (Å²) in [6, 6.07) is 7.57. The highest BCUT2D eigenvalue weighted by Crippen LogP contribution is 2.34. The van der Waals surface area contributed by atoms with Crippen LogP contribution in [0, 0.1) is 0 Å². The van der Waals surface area contributed by atoms with Gasteiger partial charge < -0.3 is 10.6 Å². The van der Waals surface area contributed by atoms with E-state index in [-0.39, 0.29) is 11.3 Å². The Labute approximate surface area is 155 Å². The van der Waals surface area contributed by atoms with Gasteiger partial charge >= 0.3 is 6.03 Å². The zero-order valence-corrected chi connectivity index (χ0v) is 15.1. The molecule has 26 heavy (non-hydrogen) atoms. The summed E-state index contributed by atoms with van der Waals surface area (Å²) in [4.78, 5) is 20.3. The van der Waals surface area contributed by atoms with Crippen LogP contribution in [-0.2, 0) is 0 Å². The van der Waals surface area contributed by atoms with E-state index in [2.05, 4.69) is 25.7 Å². The third-order valence-electron chi connectivity index (χ3n) is 4.74. The van der Waals surface area contributed by atoms with Crippen LogP contribution in [0.5, 0.6) is 0 Å². The van der Waals surface area contributed by atoms with Crippen molar-refractivity contribution in [1.82, 2.24) is 25.1 Å². The van der Waals surface area contributed by atoms with Crippen LogP contribution in [0.1, 0.15) is 31.7 Å². The van der Waals surface area contributed by atoms with Gasteiger partial charge in [-0.05, 0) is 36.6 Å². The molecule has 1 aliphatic carbocycles. The highest BCUT2D eigenvalue weighted by Gasteiger charge is 2.22. The van der Waals surface area contributed by atoms with Crippen molar-refractivity contribution >= 4 is 34.4 Å². The number of benzene rings is 1. The fourth-order valence-corrected chi connectivity index (χ4v) is 3.60. The normalized spacial score (nSPS) is 14.7. The Kier molecular flexibility index (Phi) is 4.46. The van der Waals surface area contributed by atoms with Crippen LogP contribution in [0.15, 0.2) is 30.5 Å². The number of rotatable bonds is 3. The molecule has 7 nitrogen and oxygen atoms in total. The summed E-state index contributed by atoms with van der Waals surface area (Å²) < 4.78 is 1.99. The Hall–Kier alpha value is -2.67. The lowest BCUT2D eigenvalue weighted by molar-refractivity contribution is 0.254. The van der Waals surface area contributed by atoms with Gasteiger partial charge in [-0.15, -0.1) is 0 Å². The highest BCUT2D eigenvalue weighted by molar-refractivity contribution is 6.28. The first kappa shape index (κ1) is 16.8. The zero-order valence-electron chi connectivity index (χ0n) is 14.4. The number of amides is 2. The minimum Gasteiger partial charge on any atom is -0.341 e. The molecule has 3 aromatic rings. The molecule has 2 aromatic heterocycles. The zero-order chi connectivity index (χ0) is 18.1. The summed E-state index contributed by atoms with van der Waals surface area (Å²) in [6.07, 6.45) is 6.49. The van der Waals surface area contributed by atoms with Crippen LogP contribution < -0.4 is 10.6 Å². The van der Waals surface area contributed by atoms with E-state index in [9.17, 15) is 4.79 Å². The van der Waals surface area contributed by atoms with Crippen LogP contribution >= 0.6 is 11.6 Å². The number of anilines is 1. The van der Waals surface area contributed by atoms with E-state index in [0.717, 1.165) is 35.1 Å². The van der Waals surface area contributed by atoms with Crippen LogP contribution in [0.3, 0.4) is 0 Å². The quantitative estimate of drug-likeness (QED) is 0.682. The molecule has 134 valence electrons. The van der Waals surface area contributed by atoms with Gasteiger partial charge in [0.1, 0.15) is 0 Å². The minimum atomic E-state index is -0.261. The van der Waals surface area contributed by atoms with Crippen LogP contribution in [0.25, 0.3) is 22.3 Å². The Bertz CT molecular complexity index is 946. The number of hydrogen-bond acceptors (Lipinski definition) is 4. The molecule has 0 spiro atoms. The van der Waals surface area contributed by atoms with E-state index in [1.54, 1.807) is 7.05 Å². The molecular weight excluding hydrogens is 352 g/mol. The number of nitrogens with zero attached hydrogens (tertiary/aromatic N) is 4. The molecule has 2 amide bonds. The molecule has 1 fully saturated rings. The number of nitrogens with one attached hydrogen (secondary N) is 2. The molecule has 2 N–H and O–H groups in total. The number of carbonyl (C=O) groups is 1. The molecule has 1 aromatic carbocycles. The van der Waals surface area contributed by atoms with Gasteiger partial charge in [0.25, 0.3) is 0 Å². The number of hydrogen-bond donors (Lipinski definition) is 2. The molecule has 0 bridgehead atoms. The minimum absolute atomic E-state index is 0.208. The molecule has 0 unspecified atom stereocenters. The molecular formula is C18H19ClN6O. The van der Waals surface area contributed by atoms with Crippen molar-refractivity contribution in [1.29, 1.82) is 0 Å². The Morgan fingerprint density at radius 2 is 1.92 bits per heavy atom. The van der Waals surface area contributed by atoms with Gasteiger partial charge in [0.05, 0.1) is 23.3 Å². The molecule has 0 atom stereocenters. The summed E-state index contributed by atoms with van der Waals surface area (Å²) in [6.45, 7) is 0. The second kappa shape index (κ2) is 6.92. The SMILES string of the molecule is CNC(=O)Nc1ccc(-c2nc(Cl)nc3c2cnn3C2CCCC2)cc1. The largest absolute Gasteiger partial charge is 0.341 e. The second-order valence-electron chi connectivity index (χ2n) is 6.39. The first-order valence-corrected chi connectivity index (χ1v) is 9.03. The van der Waals surface area contributed by atoms with E-state index in [0.29, 0.717) is 11.7 Å². The highest BCUT2D eigenvalue weighted by atomic mass is 35.5. The standard InChI is InChI=1S/C18H19ClN6O/c1-20-18(26)22-12-8-6-11(7-9-12)15-14-10-21-25(13-4-2-3-5-13)16(14)24-17(19)23-15/h6-10,13H,2-5H2,1H3,(H2,20,22,26). The summed E-state index contributed by atoms with van der Waals surface area (Å²) in [5, 5.41) is 10.9.